The van der Waals surface area contributed by atoms with Crippen LogP contribution in [0, 0.1) is 0 Å². The summed E-state index contributed by atoms with van der Waals surface area (Å²) in [6.45, 7) is 1.94. The zero-order valence-corrected chi connectivity index (χ0v) is 26.4. The van der Waals surface area contributed by atoms with E-state index in [0.29, 0.717) is 12.0 Å². The number of nitrogens with zero attached hydrogens (tertiary/aromatic N) is 3. The van der Waals surface area contributed by atoms with Crippen molar-refractivity contribution in [3.05, 3.63) is 142 Å². The lowest BCUT2D eigenvalue weighted by molar-refractivity contribution is 0.336. The Morgan fingerprint density at radius 2 is 1.67 bits per heavy atom. The Labute approximate surface area is 263 Å². The van der Waals surface area contributed by atoms with Crippen LogP contribution in [0.3, 0.4) is 0 Å². The normalized spacial score (nSPS) is 14.7. The van der Waals surface area contributed by atoms with E-state index in [2.05, 4.69) is 149 Å². The molecular weight excluding hydrogens is 594 g/mol. The van der Waals surface area contributed by atoms with E-state index >= 15 is 0 Å². The summed E-state index contributed by atoms with van der Waals surface area (Å²) < 4.78 is 1.10. The maximum Gasteiger partial charge on any atom is 0.227 e. The molecule has 43 heavy (non-hydrogen) atoms. The lowest BCUT2D eigenvalue weighted by atomic mass is 9.78. The predicted molar refractivity (Wildman–Crippen MR) is 181 cm³/mol. The topological polar surface area (TPSA) is 53.1 Å². The molecule has 0 fully saturated rings. The summed E-state index contributed by atoms with van der Waals surface area (Å²) in [5.74, 6) is 0.901. The van der Waals surface area contributed by atoms with Crippen molar-refractivity contribution in [2.45, 2.75) is 31.2 Å². The van der Waals surface area contributed by atoms with Crippen molar-refractivity contribution in [3.8, 4) is 11.3 Å². The number of halogens is 1. The molecule has 1 aliphatic rings. The summed E-state index contributed by atoms with van der Waals surface area (Å²) in [6, 6.07) is 37.0. The molecule has 6 heteroatoms. The number of nitrogens with one attached hydrogen (secondary N) is 2. The first kappa shape index (κ1) is 29.2. The maximum atomic E-state index is 5.00. The zero-order valence-electron chi connectivity index (χ0n) is 24.8. The summed E-state index contributed by atoms with van der Waals surface area (Å²) in [6.07, 6.45) is 4.87. The number of hydrogen-bond acceptors (Lipinski definition) is 5. The van der Waals surface area contributed by atoms with Gasteiger partial charge >= 0.3 is 0 Å². The van der Waals surface area contributed by atoms with Gasteiger partial charge in [-0.15, -0.1) is 0 Å². The maximum absolute atomic E-state index is 5.00. The molecule has 0 saturated heterocycles. The van der Waals surface area contributed by atoms with Crippen molar-refractivity contribution in [2.24, 2.45) is 0 Å². The van der Waals surface area contributed by atoms with E-state index in [1.54, 1.807) is 0 Å². The average Bonchev–Trinajstić information content (AvgIpc) is 3.02. The Hall–Kier alpha value is -3.84. The first-order valence-electron chi connectivity index (χ1n) is 15.0. The van der Waals surface area contributed by atoms with Crippen LogP contribution in [0.5, 0.6) is 0 Å². The van der Waals surface area contributed by atoms with Gasteiger partial charge in [-0.25, -0.2) is 9.97 Å². The lowest BCUT2D eigenvalue weighted by Crippen LogP contribution is -2.40. The molecule has 0 aliphatic heterocycles. The Bertz CT molecular complexity index is 1650. The number of aromatic nitrogens is 2. The fourth-order valence-corrected chi connectivity index (χ4v) is 6.48. The zero-order chi connectivity index (χ0) is 29.6. The highest BCUT2D eigenvalue weighted by Crippen LogP contribution is 2.42. The molecule has 4 aromatic carbocycles. The molecule has 0 amide bonds. The third-order valence-electron chi connectivity index (χ3n) is 8.10. The third kappa shape index (κ3) is 7.39. The number of fused-ring (bicyclic) bond motifs is 3. The highest BCUT2D eigenvalue weighted by Gasteiger charge is 2.27. The monoisotopic (exact) mass is 631 g/mol. The minimum absolute atomic E-state index is 0.280. The van der Waals surface area contributed by atoms with E-state index in [-0.39, 0.29) is 5.92 Å². The molecule has 2 atom stereocenters. The van der Waals surface area contributed by atoms with Gasteiger partial charge in [-0.2, -0.15) is 0 Å². The van der Waals surface area contributed by atoms with Crippen LogP contribution in [0.2, 0.25) is 0 Å². The van der Waals surface area contributed by atoms with Gasteiger partial charge in [0.15, 0.2) is 0 Å². The van der Waals surface area contributed by atoms with Crippen molar-refractivity contribution in [3.63, 3.8) is 0 Å². The number of rotatable bonds is 11. The van der Waals surface area contributed by atoms with Crippen molar-refractivity contribution in [1.82, 2.24) is 20.2 Å². The van der Waals surface area contributed by atoms with E-state index in [1.807, 2.05) is 6.20 Å². The molecule has 6 rings (SSSR count). The van der Waals surface area contributed by atoms with E-state index < -0.39 is 0 Å². The molecule has 1 heterocycles. The second-order valence-electron chi connectivity index (χ2n) is 11.6. The van der Waals surface area contributed by atoms with Crippen molar-refractivity contribution >= 4 is 27.6 Å². The van der Waals surface area contributed by atoms with Crippen LogP contribution < -0.4 is 10.6 Å². The highest BCUT2D eigenvalue weighted by atomic mass is 79.9. The van der Waals surface area contributed by atoms with E-state index in [4.69, 9.17) is 9.97 Å². The summed E-state index contributed by atoms with van der Waals surface area (Å²) in [5.41, 5.74) is 9.65. The summed E-state index contributed by atoms with van der Waals surface area (Å²) in [5, 5.41) is 7.21. The minimum atomic E-state index is 0.280. The summed E-state index contributed by atoms with van der Waals surface area (Å²) in [7, 11) is 4.27. The van der Waals surface area contributed by atoms with Gasteiger partial charge in [-0.3, -0.25) is 0 Å². The number of hydrogen-bond donors (Lipinski definition) is 2. The molecule has 0 spiro atoms. The number of benzene rings is 4. The second kappa shape index (κ2) is 13.6. The molecule has 1 aromatic heterocycles. The van der Waals surface area contributed by atoms with Gasteiger partial charge in [0.1, 0.15) is 0 Å². The van der Waals surface area contributed by atoms with Gasteiger partial charge < -0.3 is 15.5 Å². The Morgan fingerprint density at radius 1 is 0.884 bits per heavy atom. The molecule has 5 nitrogen and oxygen atoms in total. The van der Waals surface area contributed by atoms with Crippen LogP contribution in [0.4, 0.5) is 11.6 Å². The van der Waals surface area contributed by atoms with Gasteiger partial charge in [0.05, 0.1) is 5.69 Å². The summed E-state index contributed by atoms with van der Waals surface area (Å²) in [4.78, 5) is 12.0. The van der Waals surface area contributed by atoms with E-state index in [0.717, 1.165) is 48.2 Å². The van der Waals surface area contributed by atoms with Crippen LogP contribution in [-0.4, -0.2) is 48.1 Å². The molecule has 2 unspecified atom stereocenters. The Morgan fingerprint density at radius 3 is 2.47 bits per heavy atom. The second-order valence-corrected chi connectivity index (χ2v) is 12.6. The third-order valence-corrected chi connectivity index (χ3v) is 8.59. The van der Waals surface area contributed by atoms with Crippen LogP contribution in [0.1, 0.15) is 33.7 Å². The van der Waals surface area contributed by atoms with Crippen LogP contribution in [0.15, 0.2) is 114 Å². The largest absolute Gasteiger partial charge is 0.324 e. The van der Waals surface area contributed by atoms with Gasteiger partial charge in [0.25, 0.3) is 0 Å². The van der Waals surface area contributed by atoms with Crippen LogP contribution in [-0.2, 0) is 19.3 Å². The smallest absolute Gasteiger partial charge is 0.227 e. The molecule has 1 aliphatic carbocycles. The first-order chi connectivity index (χ1) is 21.0. The van der Waals surface area contributed by atoms with Crippen molar-refractivity contribution in [1.29, 1.82) is 0 Å². The minimum Gasteiger partial charge on any atom is -0.324 e. The first-order valence-corrected chi connectivity index (χ1v) is 15.8. The van der Waals surface area contributed by atoms with Gasteiger partial charge in [-0.05, 0) is 92.0 Å². The molecule has 0 radical (unpaired) electrons. The molecule has 0 saturated carbocycles. The molecular formula is C37H38BrN5. The lowest BCUT2D eigenvalue weighted by Gasteiger charge is -2.27. The SMILES string of the molecule is CN(C)CC(Cc1ccccc1)NCCc1ccc(Nc2ncc3c(n2)-c2ccccc2C(c2cccc(Br)c2)C3)cc1. The Balaban J connectivity index is 1.10. The fraction of sp³-hybridized carbons (Fsp3) is 0.243. The number of anilines is 2. The van der Waals surface area contributed by atoms with Crippen LogP contribution in [0.25, 0.3) is 11.3 Å². The summed E-state index contributed by atoms with van der Waals surface area (Å²) >= 11 is 3.64. The predicted octanol–water partition coefficient (Wildman–Crippen LogP) is 7.64. The van der Waals surface area contributed by atoms with Crippen molar-refractivity contribution in [2.75, 3.05) is 32.5 Å². The molecule has 0 bridgehead atoms. The van der Waals surface area contributed by atoms with E-state index in [1.165, 1.54) is 33.4 Å². The standard InChI is InChI=1S/C37H38BrN5/c1-43(2)25-32(21-27-9-4-3-5-10-27)39-20-19-26-15-17-31(18-16-26)41-37-40-24-29-23-35(28-11-8-12-30(38)22-28)33-13-6-7-14-34(33)36(29)42-37/h3-18,22,24,32,35,39H,19-21,23,25H2,1-2H3,(H,40,41,42). The highest BCUT2D eigenvalue weighted by molar-refractivity contribution is 9.10. The van der Waals surface area contributed by atoms with Gasteiger partial charge in [0, 0.05) is 40.4 Å². The van der Waals surface area contributed by atoms with Crippen molar-refractivity contribution < 1.29 is 0 Å². The number of likely N-dealkylation sites (N-methyl/N-ethyl adjacent to an activating group) is 1. The Kier molecular flexibility index (Phi) is 9.27. The quantitative estimate of drug-likeness (QED) is 0.157. The van der Waals surface area contributed by atoms with Gasteiger partial charge in [0.2, 0.25) is 5.95 Å². The van der Waals surface area contributed by atoms with Gasteiger partial charge in [-0.1, -0.05) is 94.8 Å². The van der Waals surface area contributed by atoms with Crippen LogP contribution >= 0.6 is 15.9 Å². The fourth-order valence-electron chi connectivity index (χ4n) is 6.06. The van der Waals surface area contributed by atoms with E-state index in [9.17, 15) is 0 Å². The average molecular weight is 633 g/mol. The molecule has 218 valence electrons. The molecule has 5 aromatic rings. The molecule has 2 N–H and O–H groups in total.